The largest absolute Gasteiger partial charge is 0.398 e. The van der Waals surface area contributed by atoms with Crippen LogP contribution in [0.2, 0.25) is 10.0 Å². The van der Waals surface area contributed by atoms with Crippen LogP contribution < -0.4 is 5.73 Å². The maximum Gasteiger partial charge on any atom is 0.0650 e. The topological polar surface area (TPSA) is 26.0 Å². The summed E-state index contributed by atoms with van der Waals surface area (Å²) in [4.78, 5) is 0. The Bertz CT molecular complexity index is 295. The third-order valence-electron chi connectivity index (χ3n) is 1.74. The maximum atomic E-state index is 5.96. The van der Waals surface area contributed by atoms with Crippen molar-refractivity contribution < 1.29 is 0 Å². The second-order valence-electron chi connectivity index (χ2n) is 3.05. The van der Waals surface area contributed by atoms with Crippen LogP contribution in [0.15, 0.2) is 12.1 Å². The van der Waals surface area contributed by atoms with Crippen LogP contribution in [0.3, 0.4) is 0 Å². The van der Waals surface area contributed by atoms with Crippen molar-refractivity contribution in [2.24, 2.45) is 0 Å². The van der Waals surface area contributed by atoms with Crippen LogP contribution in [0.1, 0.15) is 25.3 Å². The normalized spacial score (nSPS) is 10.8. The summed E-state index contributed by atoms with van der Waals surface area (Å²) in [5, 5.41) is 1.20. The number of hydrogen-bond donors (Lipinski definition) is 1. The molecule has 0 fully saturated rings. The molecule has 1 rings (SSSR count). The molecule has 1 aromatic carbocycles. The lowest BCUT2D eigenvalue weighted by atomic mass is 10.0. The quantitative estimate of drug-likeness (QED) is 0.693. The molecule has 1 aromatic rings. The standard InChI is InChI=1S/C9H11Cl2N/c1-5(2)6-3-9(12)8(11)4-7(6)10/h3-5H,12H2,1-2H3. The summed E-state index contributed by atoms with van der Waals surface area (Å²) < 4.78 is 0. The summed E-state index contributed by atoms with van der Waals surface area (Å²) in [6.07, 6.45) is 0. The van der Waals surface area contributed by atoms with Crippen molar-refractivity contribution in [3.8, 4) is 0 Å². The average Bonchev–Trinajstić information content (AvgIpc) is 1.96. The minimum Gasteiger partial charge on any atom is -0.398 e. The molecule has 0 aromatic heterocycles. The maximum absolute atomic E-state index is 5.96. The van der Waals surface area contributed by atoms with E-state index in [0.717, 1.165) is 5.56 Å². The molecule has 0 aliphatic rings. The van der Waals surface area contributed by atoms with Crippen LogP contribution in [0.25, 0.3) is 0 Å². The zero-order chi connectivity index (χ0) is 9.30. The van der Waals surface area contributed by atoms with E-state index in [1.807, 2.05) is 6.07 Å². The first-order valence-electron chi connectivity index (χ1n) is 3.76. The molecule has 0 radical (unpaired) electrons. The van der Waals surface area contributed by atoms with E-state index in [1.54, 1.807) is 6.07 Å². The highest BCUT2D eigenvalue weighted by atomic mass is 35.5. The molecule has 3 heteroatoms. The summed E-state index contributed by atoms with van der Waals surface area (Å²) in [6.45, 7) is 4.13. The van der Waals surface area contributed by atoms with Gasteiger partial charge in [0.05, 0.1) is 10.7 Å². The summed E-state index contributed by atoms with van der Waals surface area (Å²) in [6, 6.07) is 3.52. The van der Waals surface area contributed by atoms with Gasteiger partial charge < -0.3 is 5.73 Å². The van der Waals surface area contributed by atoms with Gasteiger partial charge in [-0.25, -0.2) is 0 Å². The molecule has 0 saturated carbocycles. The first kappa shape index (κ1) is 9.69. The number of nitrogen functional groups attached to an aromatic ring is 1. The van der Waals surface area contributed by atoms with E-state index in [2.05, 4.69) is 13.8 Å². The highest BCUT2D eigenvalue weighted by Crippen LogP contribution is 2.31. The van der Waals surface area contributed by atoms with Crippen molar-refractivity contribution >= 4 is 28.9 Å². The fourth-order valence-electron chi connectivity index (χ4n) is 1.03. The van der Waals surface area contributed by atoms with Crippen LogP contribution >= 0.6 is 23.2 Å². The predicted octanol–water partition coefficient (Wildman–Crippen LogP) is 3.70. The minimum atomic E-state index is 0.372. The van der Waals surface area contributed by atoms with E-state index in [9.17, 15) is 0 Å². The molecule has 66 valence electrons. The molecule has 0 saturated heterocycles. The summed E-state index contributed by atoms with van der Waals surface area (Å²) >= 11 is 11.7. The van der Waals surface area contributed by atoms with Gasteiger partial charge in [-0.15, -0.1) is 0 Å². The van der Waals surface area contributed by atoms with Crippen LogP contribution in [0.5, 0.6) is 0 Å². The molecular weight excluding hydrogens is 193 g/mol. The van der Waals surface area contributed by atoms with Gasteiger partial charge in [-0.1, -0.05) is 37.0 Å². The average molecular weight is 204 g/mol. The first-order chi connectivity index (χ1) is 5.52. The molecule has 0 amide bonds. The van der Waals surface area contributed by atoms with E-state index in [4.69, 9.17) is 28.9 Å². The summed E-state index contributed by atoms with van der Waals surface area (Å²) in [5.74, 6) is 0.372. The highest BCUT2D eigenvalue weighted by molar-refractivity contribution is 6.36. The number of halogens is 2. The van der Waals surface area contributed by atoms with Gasteiger partial charge in [-0.05, 0) is 23.6 Å². The molecule has 0 atom stereocenters. The van der Waals surface area contributed by atoms with Crippen molar-refractivity contribution in [3.05, 3.63) is 27.7 Å². The van der Waals surface area contributed by atoms with Gasteiger partial charge in [0.25, 0.3) is 0 Å². The fourth-order valence-corrected chi connectivity index (χ4v) is 1.63. The van der Waals surface area contributed by atoms with Crippen LogP contribution in [0, 0.1) is 0 Å². The van der Waals surface area contributed by atoms with Crippen molar-refractivity contribution in [3.63, 3.8) is 0 Å². The Morgan fingerprint density at radius 1 is 1.17 bits per heavy atom. The number of rotatable bonds is 1. The summed E-state index contributed by atoms with van der Waals surface area (Å²) in [5.41, 5.74) is 7.26. The van der Waals surface area contributed by atoms with E-state index in [1.165, 1.54) is 0 Å². The monoisotopic (exact) mass is 203 g/mol. The van der Waals surface area contributed by atoms with Crippen molar-refractivity contribution in [2.75, 3.05) is 5.73 Å². The van der Waals surface area contributed by atoms with Gasteiger partial charge in [0.15, 0.2) is 0 Å². The number of nitrogens with two attached hydrogens (primary N) is 1. The van der Waals surface area contributed by atoms with Gasteiger partial charge in [-0.2, -0.15) is 0 Å². The van der Waals surface area contributed by atoms with Crippen molar-refractivity contribution in [2.45, 2.75) is 19.8 Å². The Labute approximate surface area is 82.5 Å². The van der Waals surface area contributed by atoms with Gasteiger partial charge in [0, 0.05) is 5.02 Å². The molecule has 0 heterocycles. The van der Waals surface area contributed by atoms with Gasteiger partial charge >= 0.3 is 0 Å². The molecular formula is C9H11Cl2N. The Morgan fingerprint density at radius 3 is 2.25 bits per heavy atom. The van der Waals surface area contributed by atoms with E-state index < -0.39 is 0 Å². The van der Waals surface area contributed by atoms with Gasteiger partial charge in [0.2, 0.25) is 0 Å². The number of benzene rings is 1. The van der Waals surface area contributed by atoms with Crippen LogP contribution in [0.4, 0.5) is 5.69 Å². The molecule has 0 spiro atoms. The van der Waals surface area contributed by atoms with Crippen molar-refractivity contribution in [1.82, 2.24) is 0 Å². The Hall–Kier alpha value is -0.400. The summed E-state index contributed by atoms with van der Waals surface area (Å²) in [7, 11) is 0. The number of anilines is 1. The zero-order valence-corrected chi connectivity index (χ0v) is 8.58. The lowest BCUT2D eigenvalue weighted by molar-refractivity contribution is 0.867. The molecule has 0 unspecified atom stereocenters. The fraction of sp³-hybridized carbons (Fsp3) is 0.333. The smallest absolute Gasteiger partial charge is 0.0650 e. The Kier molecular flexibility index (Phi) is 2.86. The van der Waals surface area contributed by atoms with E-state index in [0.29, 0.717) is 21.7 Å². The van der Waals surface area contributed by atoms with Gasteiger partial charge in [0.1, 0.15) is 0 Å². The van der Waals surface area contributed by atoms with Crippen molar-refractivity contribution in [1.29, 1.82) is 0 Å². The first-order valence-corrected chi connectivity index (χ1v) is 4.52. The second-order valence-corrected chi connectivity index (χ2v) is 3.86. The third kappa shape index (κ3) is 1.85. The van der Waals surface area contributed by atoms with E-state index >= 15 is 0 Å². The molecule has 2 N–H and O–H groups in total. The number of hydrogen-bond acceptors (Lipinski definition) is 1. The molecule has 0 aliphatic carbocycles. The Balaban J connectivity index is 3.23. The lowest BCUT2D eigenvalue weighted by Gasteiger charge is -2.09. The Morgan fingerprint density at radius 2 is 1.75 bits per heavy atom. The minimum absolute atomic E-state index is 0.372. The highest BCUT2D eigenvalue weighted by Gasteiger charge is 2.07. The molecule has 1 nitrogen and oxygen atoms in total. The van der Waals surface area contributed by atoms with E-state index in [-0.39, 0.29) is 0 Å². The van der Waals surface area contributed by atoms with Crippen LogP contribution in [-0.4, -0.2) is 0 Å². The van der Waals surface area contributed by atoms with Gasteiger partial charge in [-0.3, -0.25) is 0 Å². The molecule has 0 aliphatic heterocycles. The second kappa shape index (κ2) is 3.55. The molecule has 0 bridgehead atoms. The zero-order valence-electron chi connectivity index (χ0n) is 7.07. The lowest BCUT2D eigenvalue weighted by Crippen LogP contribution is -1.93. The van der Waals surface area contributed by atoms with Crippen LogP contribution in [-0.2, 0) is 0 Å². The third-order valence-corrected chi connectivity index (χ3v) is 2.39. The SMILES string of the molecule is CC(C)c1cc(N)c(Cl)cc1Cl. The molecule has 12 heavy (non-hydrogen) atoms. The predicted molar refractivity (Wildman–Crippen MR) is 55.0 cm³/mol.